The second kappa shape index (κ2) is 11.7. The van der Waals surface area contributed by atoms with Crippen LogP contribution in [0.4, 0.5) is 0 Å². The zero-order valence-electron chi connectivity index (χ0n) is 19.3. The number of nitrogens with zero attached hydrogens (tertiary/aromatic N) is 1. The van der Waals surface area contributed by atoms with Crippen molar-refractivity contribution in [2.24, 2.45) is 0 Å². The molecule has 2 rings (SSSR count). The number of nitrogens with one attached hydrogen (secondary N) is 1. The maximum Gasteiger partial charge on any atom is 0.242 e. The van der Waals surface area contributed by atoms with E-state index in [0.29, 0.717) is 35.8 Å². The number of benzene rings is 2. The quantitative estimate of drug-likeness (QED) is 0.486. The average molecular weight is 465 g/mol. The Morgan fingerprint density at radius 3 is 2.19 bits per heavy atom. The summed E-state index contributed by atoms with van der Waals surface area (Å²) in [4.78, 5) is 12.5. The van der Waals surface area contributed by atoms with E-state index in [1.165, 1.54) is 27.3 Å². The summed E-state index contributed by atoms with van der Waals surface area (Å²) in [5.74, 6) is 1.83. The van der Waals surface area contributed by atoms with Gasteiger partial charge in [-0.3, -0.25) is 4.79 Å². The normalized spacial score (nSPS) is 11.3. The van der Waals surface area contributed by atoms with Gasteiger partial charge in [-0.05, 0) is 60.7 Å². The predicted octanol–water partition coefficient (Wildman–Crippen LogP) is 2.64. The molecule has 0 fully saturated rings. The molecule has 0 saturated heterocycles. The Bertz CT molecular complexity index is 1020. The number of aryl methyl sites for hydroxylation is 2. The molecule has 0 unspecified atom stereocenters. The van der Waals surface area contributed by atoms with Crippen LogP contribution in [0.5, 0.6) is 17.2 Å². The van der Waals surface area contributed by atoms with Crippen molar-refractivity contribution < 1.29 is 27.4 Å². The highest BCUT2D eigenvalue weighted by molar-refractivity contribution is 7.89. The van der Waals surface area contributed by atoms with Crippen molar-refractivity contribution in [2.45, 2.75) is 30.6 Å². The highest BCUT2D eigenvalue weighted by Crippen LogP contribution is 2.28. The lowest BCUT2D eigenvalue weighted by atomic mass is 10.1. The van der Waals surface area contributed by atoms with Gasteiger partial charge in [-0.1, -0.05) is 6.07 Å². The van der Waals surface area contributed by atoms with Crippen LogP contribution in [0, 0.1) is 0 Å². The van der Waals surface area contributed by atoms with E-state index in [1.54, 1.807) is 26.4 Å². The van der Waals surface area contributed by atoms with Crippen LogP contribution in [0.2, 0.25) is 0 Å². The molecule has 0 saturated carbocycles. The minimum atomic E-state index is -3.56. The zero-order valence-corrected chi connectivity index (χ0v) is 20.1. The largest absolute Gasteiger partial charge is 0.496 e. The lowest BCUT2D eigenvalue weighted by Gasteiger charge is -2.14. The number of sulfonamides is 1. The maximum atomic E-state index is 12.4. The van der Waals surface area contributed by atoms with Crippen molar-refractivity contribution in [1.82, 2.24) is 9.62 Å². The molecule has 0 spiro atoms. The smallest absolute Gasteiger partial charge is 0.242 e. The predicted molar refractivity (Wildman–Crippen MR) is 123 cm³/mol. The molecule has 9 heteroatoms. The Morgan fingerprint density at radius 1 is 0.906 bits per heavy atom. The van der Waals surface area contributed by atoms with Crippen LogP contribution in [0.15, 0.2) is 41.3 Å². The molecule has 0 heterocycles. The summed E-state index contributed by atoms with van der Waals surface area (Å²) in [6.07, 6.45) is 2.18. The van der Waals surface area contributed by atoms with Crippen molar-refractivity contribution in [3.8, 4) is 17.2 Å². The zero-order chi connectivity index (χ0) is 23.7. The van der Waals surface area contributed by atoms with Crippen molar-refractivity contribution in [2.75, 3.05) is 42.0 Å². The van der Waals surface area contributed by atoms with Gasteiger partial charge >= 0.3 is 0 Å². The van der Waals surface area contributed by atoms with Crippen LogP contribution < -0.4 is 19.5 Å². The molecule has 0 aliphatic heterocycles. The van der Waals surface area contributed by atoms with Gasteiger partial charge in [0.25, 0.3) is 0 Å². The Morgan fingerprint density at radius 2 is 1.56 bits per heavy atom. The van der Waals surface area contributed by atoms with E-state index in [9.17, 15) is 13.2 Å². The molecule has 0 radical (unpaired) electrons. The third-order valence-electron chi connectivity index (χ3n) is 5.06. The van der Waals surface area contributed by atoms with Crippen LogP contribution in [0.3, 0.4) is 0 Å². The van der Waals surface area contributed by atoms with E-state index in [0.717, 1.165) is 22.7 Å². The first kappa shape index (κ1) is 25.5. The van der Waals surface area contributed by atoms with E-state index >= 15 is 0 Å². The van der Waals surface area contributed by atoms with Gasteiger partial charge in [0.05, 0.1) is 26.2 Å². The number of methoxy groups -OCH3 is 3. The van der Waals surface area contributed by atoms with Gasteiger partial charge in [-0.15, -0.1) is 0 Å². The number of amides is 1. The van der Waals surface area contributed by atoms with Crippen LogP contribution in [-0.4, -0.2) is 60.6 Å². The number of hydrogen-bond donors (Lipinski definition) is 1. The molecule has 176 valence electrons. The molecule has 2 aromatic carbocycles. The average Bonchev–Trinajstić information content (AvgIpc) is 2.79. The molecule has 0 aliphatic carbocycles. The van der Waals surface area contributed by atoms with Crippen molar-refractivity contribution in [1.29, 1.82) is 0 Å². The standard InChI is InChI=1S/C23H32N2O6S/c1-25(2)32(27,28)19-10-12-20(29-3)18(16-19)9-13-23(26)24-14-6-7-17-8-11-21(30-4)22(15-17)31-5/h8,10-12,15-16H,6-7,9,13-14H2,1-5H3,(H,24,26). The molecular formula is C23H32N2O6S. The molecule has 8 nitrogen and oxygen atoms in total. The molecule has 0 aromatic heterocycles. The fourth-order valence-corrected chi connectivity index (χ4v) is 4.17. The summed E-state index contributed by atoms with van der Waals surface area (Å²) < 4.78 is 41.8. The number of carbonyl (C=O) groups excluding carboxylic acids is 1. The highest BCUT2D eigenvalue weighted by atomic mass is 32.2. The van der Waals surface area contributed by atoms with Gasteiger partial charge in [0, 0.05) is 27.1 Å². The fourth-order valence-electron chi connectivity index (χ4n) is 3.21. The number of carbonyl (C=O) groups is 1. The van der Waals surface area contributed by atoms with Crippen molar-refractivity contribution >= 4 is 15.9 Å². The molecule has 0 bridgehead atoms. The summed E-state index contributed by atoms with van der Waals surface area (Å²) in [6, 6.07) is 10.5. The minimum absolute atomic E-state index is 0.0970. The topological polar surface area (TPSA) is 94.2 Å². The summed E-state index contributed by atoms with van der Waals surface area (Å²) in [6.45, 7) is 0.541. The van der Waals surface area contributed by atoms with Gasteiger partial charge in [0.2, 0.25) is 15.9 Å². The lowest BCUT2D eigenvalue weighted by Crippen LogP contribution is -2.25. The van der Waals surface area contributed by atoms with Gasteiger partial charge in [-0.25, -0.2) is 12.7 Å². The third kappa shape index (κ3) is 6.61. The Balaban J connectivity index is 1.88. The maximum absolute atomic E-state index is 12.4. The second-order valence-electron chi connectivity index (χ2n) is 7.40. The summed E-state index contributed by atoms with van der Waals surface area (Å²) in [5, 5.41) is 2.91. The van der Waals surface area contributed by atoms with Gasteiger partial charge in [0.1, 0.15) is 5.75 Å². The highest BCUT2D eigenvalue weighted by Gasteiger charge is 2.19. The molecule has 1 N–H and O–H groups in total. The number of hydrogen-bond acceptors (Lipinski definition) is 6. The fraction of sp³-hybridized carbons (Fsp3) is 0.435. The first-order chi connectivity index (χ1) is 15.2. The van der Waals surface area contributed by atoms with Crippen LogP contribution in [0.1, 0.15) is 24.0 Å². The summed E-state index contributed by atoms with van der Waals surface area (Å²) in [5.41, 5.74) is 1.77. The SMILES string of the molecule is COc1ccc(S(=O)(=O)N(C)C)cc1CCC(=O)NCCCc1ccc(OC)c(OC)c1. The van der Waals surface area contributed by atoms with Gasteiger partial charge in [-0.2, -0.15) is 0 Å². The van der Waals surface area contributed by atoms with Crippen molar-refractivity contribution in [3.05, 3.63) is 47.5 Å². The number of ether oxygens (including phenoxy) is 3. The van der Waals surface area contributed by atoms with E-state index in [1.807, 2.05) is 18.2 Å². The summed E-state index contributed by atoms with van der Waals surface area (Å²) >= 11 is 0. The monoisotopic (exact) mass is 464 g/mol. The summed E-state index contributed by atoms with van der Waals surface area (Å²) in [7, 11) is 4.12. The van der Waals surface area contributed by atoms with Crippen LogP contribution >= 0.6 is 0 Å². The van der Waals surface area contributed by atoms with Crippen LogP contribution in [0.25, 0.3) is 0 Å². The van der Waals surface area contributed by atoms with E-state index in [2.05, 4.69) is 5.32 Å². The molecule has 0 atom stereocenters. The van der Waals surface area contributed by atoms with E-state index < -0.39 is 10.0 Å². The third-order valence-corrected chi connectivity index (χ3v) is 6.88. The molecule has 32 heavy (non-hydrogen) atoms. The second-order valence-corrected chi connectivity index (χ2v) is 9.56. The van der Waals surface area contributed by atoms with Crippen molar-refractivity contribution in [3.63, 3.8) is 0 Å². The Labute approximate surface area is 190 Å². The first-order valence-corrected chi connectivity index (χ1v) is 11.7. The van der Waals surface area contributed by atoms with E-state index in [-0.39, 0.29) is 17.2 Å². The molecule has 2 aromatic rings. The minimum Gasteiger partial charge on any atom is -0.496 e. The Kier molecular flexibility index (Phi) is 9.34. The van der Waals surface area contributed by atoms with Crippen LogP contribution in [-0.2, 0) is 27.7 Å². The van der Waals surface area contributed by atoms with E-state index in [4.69, 9.17) is 14.2 Å². The molecule has 1 amide bonds. The molecule has 0 aliphatic rings. The molecular weight excluding hydrogens is 432 g/mol. The van der Waals surface area contributed by atoms with Gasteiger partial charge in [0.15, 0.2) is 11.5 Å². The lowest BCUT2D eigenvalue weighted by molar-refractivity contribution is -0.121. The first-order valence-electron chi connectivity index (χ1n) is 10.3. The Hall–Kier alpha value is -2.78. The van der Waals surface area contributed by atoms with Gasteiger partial charge < -0.3 is 19.5 Å². The number of rotatable bonds is 12.